The summed E-state index contributed by atoms with van der Waals surface area (Å²) in [4.78, 5) is 72.1. The molecule has 0 saturated carbocycles. The number of esters is 4. The standard InChI is InChI=1S/C64H124O17P2/c1-6-9-12-15-18-21-29-33-38-43-48-62(67)75-54-60(81-64(69)50-45-40-35-30-25-23-22-24-28-31-36-41-46-57(4)5)56-79-83(72,73)77-52-58(65)51-76-82(70,71)78-55-59(80-63(68)49-44-39-34-27-20-17-14-11-8-3)53-74-61(66)47-42-37-32-26-19-16-13-10-7-2/h57-60,65H,6-56H2,1-5H3,(H,70,71)(H,72,73)/t58-,59+,60+/m0/s1. The van der Waals surface area contributed by atoms with Crippen molar-refractivity contribution in [3.8, 4) is 0 Å². The van der Waals surface area contributed by atoms with Gasteiger partial charge in [-0.3, -0.25) is 37.3 Å². The van der Waals surface area contributed by atoms with Crippen LogP contribution < -0.4 is 0 Å². The number of phosphoric acid groups is 2. The van der Waals surface area contributed by atoms with Crippen LogP contribution in [0.5, 0.6) is 0 Å². The minimum absolute atomic E-state index is 0.106. The van der Waals surface area contributed by atoms with Gasteiger partial charge in [0.25, 0.3) is 0 Å². The number of aliphatic hydroxyl groups excluding tert-OH is 1. The Hall–Kier alpha value is -1.94. The molecule has 0 rings (SSSR count). The average molecular weight is 1230 g/mol. The van der Waals surface area contributed by atoms with Crippen molar-refractivity contribution in [2.45, 2.75) is 342 Å². The van der Waals surface area contributed by atoms with Gasteiger partial charge < -0.3 is 33.8 Å². The van der Waals surface area contributed by atoms with Gasteiger partial charge >= 0.3 is 39.5 Å². The molecule has 5 atom stereocenters. The summed E-state index contributed by atoms with van der Waals surface area (Å²) in [5.74, 6) is -1.36. The van der Waals surface area contributed by atoms with Crippen molar-refractivity contribution in [3.05, 3.63) is 0 Å². The maximum Gasteiger partial charge on any atom is 0.472 e. The molecule has 0 aliphatic carbocycles. The average Bonchev–Trinajstić information content (AvgIpc) is 3.46. The zero-order chi connectivity index (χ0) is 61.3. The highest BCUT2D eigenvalue weighted by Gasteiger charge is 2.30. The van der Waals surface area contributed by atoms with E-state index in [4.69, 9.17) is 37.0 Å². The lowest BCUT2D eigenvalue weighted by molar-refractivity contribution is -0.161. The predicted octanol–water partition coefficient (Wildman–Crippen LogP) is 17.8. The molecule has 0 aliphatic heterocycles. The van der Waals surface area contributed by atoms with Crippen molar-refractivity contribution in [1.82, 2.24) is 0 Å². The summed E-state index contributed by atoms with van der Waals surface area (Å²) < 4.78 is 67.9. The largest absolute Gasteiger partial charge is 0.472 e. The topological polar surface area (TPSA) is 237 Å². The molecule has 0 saturated heterocycles. The molecule has 0 bridgehead atoms. The lowest BCUT2D eigenvalue weighted by Gasteiger charge is -2.21. The molecule has 0 aromatic carbocycles. The molecule has 492 valence electrons. The first-order valence-electron chi connectivity index (χ1n) is 33.6. The van der Waals surface area contributed by atoms with Crippen LogP contribution in [0.15, 0.2) is 0 Å². The fraction of sp³-hybridized carbons (Fsp3) is 0.938. The van der Waals surface area contributed by atoms with Gasteiger partial charge in [0.05, 0.1) is 26.4 Å². The normalized spacial score (nSPS) is 14.2. The fourth-order valence-corrected chi connectivity index (χ4v) is 11.2. The second-order valence-electron chi connectivity index (χ2n) is 23.6. The number of unbranched alkanes of at least 4 members (excludes halogenated alkanes) is 36. The van der Waals surface area contributed by atoms with E-state index in [1.54, 1.807) is 0 Å². The molecule has 0 radical (unpaired) electrons. The summed E-state index contributed by atoms with van der Waals surface area (Å²) in [6, 6.07) is 0. The number of carbonyl (C=O) groups is 4. The van der Waals surface area contributed by atoms with Crippen molar-refractivity contribution in [1.29, 1.82) is 0 Å². The van der Waals surface area contributed by atoms with Gasteiger partial charge in [-0.2, -0.15) is 0 Å². The second kappa shape index (κ2) is 57.8. The first kappa shape index (κ1) is 81.1. The van der Waals surface area contributed by atoms with Gasteiger partial charge in [0.1, 0.15) is 19.3 Å². The smallest absolute Gasteiger partial charge is 0.462 e. The molecule has 83 heavy (non-hydrogen) atoms. The molecule has 17 nitrogen and oxygen atoms in total. The Bertz CT molecular complexity index is 1620. The highest BCUT2D eigenvalue weighted by atomic mass is 31.2. The molecular weight excluding hydrogens is 1100 g/mol. The highest BCUT2D eigenvalue weighted by Crippen LogP contribution is 2.45. The van der Waals surface area contributed by atoms with E-state index < -0.39 is 97.5 Å². The number of carbonyl (C=O) groups excluding carboxylic acids is 4. The van der Waals surface area contributed by atoms with E-state index in [2.05, 4.69) is 34.6 Å². The van der Waals surface area contributed by atoms with Gasteiger partial charge in [-0.1, -0.05) is 272 Å². The summed E-state index contributed by atoms with van der Waals surface area (Å²) >= 11 is 0. The van der Waals surface area contributed by atoms with E-state index in [-0.39, 0.29) is 25.7 Å². The third-order valence-electron chi connectivity index (χ3n) is 14.8. The molecule has 0 aromatic heterocycles. The first-order chi connectivity index (χ1) is 40.0. The molecule has 2 unspecified atom stereocenters. The van der Waals surface area contributed by atoms with Crippen molar-refractivity contribution >= 4 is 39.5 Å². The van der Waals surface area contributed by atoms with E-state index in [1.165, 1.54) is 148 Å². The second-order valence-corrected chi connectivity index (χ2v) is 26.5. The Labute approximate surface area is 505 Å². The van der Waals surface area contributed by atoms with Gasteiger partial charge in [-0.05, 0) is 31.6 Å². The number of phosphoric ester groups is 2. The molecule has 0 amide bonds. The number of hydrogen-bond donors (Lipinski definition) is 3. The summed E-state index contributed by atoms with van der Waals surface area (Å²) in [6.45, 7) is 7.17. The minimum atomic E-state index is -4.94. The SMILES string of the molecule is CCCCCCCCCCCCC(=O)OC[C@H](COP(=O)(O)OC[C@@H](O)COP(=O)(O)OC[C@@H](COC(=O)CCCCCCCCCCC)OC(=O)CCCCCCCCCCC)OC(=O)CCCCCCCCCCCCCCC(C)C. The van der Waals surface area contributed by atoms with Crippen molar-refractivity contribution in [3.63, 3.8) is 0 Å². The van der Waals surface area contributed by atoms with E-state index in [1.807, 2.05) is 0 Å². The van der Waals surface area contributed by atoms with Crippen LogP contribution in [0.4, 0.5) is 0 Å². The monoisotopic (exact) mass is 1230 g/mol. The maximum absolute atomic E-state index is 13.0. The molecule has 0 fully saturated rings. The lowest BCUT2D eigenvalue weighted by atomic mass is 10.0. The van der Waals surface area contributed by atoms with Gasteiger partial charge in [-0.25, -0.2) is 9.13 Å². The molecule has 0 spiro atoms. The summed E-state index contributed by atoms with van der Waals surface area (Å²) in [5, 5.41) is 10.5. The Kier molecular flexibility index (Phi) is 56.4. The molecular formula is C64H124O17P2. The third-order valence-corrected chi connectivity index (χ3v) is 16.7. The van der Waals surface area contributed by atoms with Crippen molar-refractivity contribution < 1.29 is 80.2 Å². The lowest BCUT2D eigenvalue weighted by Crippen LogP contribution is -2.30. The third kappa shape index (κ3) is 58.8. The fourth-order valence-electron chi connectivity index (χ4n) is 9.58. The number of rotatable bonds is 64. The van der Waals surface area contributed by atoms with E-state index >= 15 is 0 Å². The van der Waals surface area contributed by atoms with E-state index in [0.29, 0.717) is 25.7 Å². The Morgan fingerprint density at radius 3 is 0.819 bits per heavy atom. The first-order valence-corrected chi connectivity index (χ1v) is 36.6. The van der Waals surface area contributed by atoms with Crippen LogP contribution >= 0.6 is 15.6 Å². The van der Waals surface area contributed by atoms with E-state index in [0.717, 1.165) is 95.8 Å². The molecule has 3 N–H and O–H groups in total. The summed E-state index contributed by atoms with van der Waals surface area (Å²) in [6.07, 6.45) is 41.6. The van der Waals surface area contributed by atoms with Crippen LogP contribution in [0, 0.1) is 5.92 Å². The van der Waals surface area contributed by atoms with Gasteiger partial charge in [-0.15, -0.1) is 0 Å². The summed E-state index contributed by atoms with van der Waals surface area (Å²) in [7, 11) is -9.88. The minimum Gasteiger partial charge on any atom is -0.462 e. The number of hydrogen-bond acceptors (Lipinski definition) is 15. The number of ether oxygens (including phenoxy) is 4. The molecule has 0 aliphatic rings. The Balaban J connectivity index is 5.21. The molecule has 0 heterocycles. The van der Waals surface area contributed by atoms with Gasteiger partial charge in [0.2, 0.25) is 0 Å². The Morgan fingerprint density at radius 2 is 0.554 bits per heavy atom. The van der Waals surface area contributed by atoms with Crippen LogP contribution in [-0.2, 0) is 65.4 Å². The van der Waals surface area contributed by atoms with Crippen LogP contribution in [0.1, 0.15) is 324 Å². The van der Waals surface area contributed by atoms with Crippen LogP contribution in [-0.4, -0.2) is 96.7 Å². The van der Waals surface area contributed by atoms with Crippen molar-refractivity contribution in [2.75, 3.05) is 39.6 Å². The molecule has 0 aromatic rings. The van der Waals surface area contributed by atoms with Crippen LogP contribution in [0.3, 0.4) is 0 Å². The zero-order valence-corrected chi connectivity index (χ0v) is 55.1. The summed E-state index contributed by atoms with van der Waals surface area (Å²) in [5.41, 5.74) is 0. The Morgan fingerprint density at radius 1 is 0.325 bits per heavy atom. The highest BCUT2D eigenvalue weighted by molar-refractivity contribution is 7.47. The van der Waals surface area contributed by atoms with Crippen LogP contribution in [0.2, 0.25) is 0 Å². The maximum atomic E-state index is 13.0. The van der Waals surface area contributed by atoms with Gasteiger partial charge in [0.15, 0.2) is 12.2 Å². The van der Waals surface area contributed by atoms with E-state index in [9.17, 15) is 43.2 Å². The number of aliphatic hydroxyl groups is 1. The quantitative estimate of drug-likeness (QED) is 0.0222. The van der Waals surface area contributed by atoms with Crippen LogP contribution in [0.25, 0.3) is 0 Å². The van der Waals surface area contributed by atoms with Crippen molar-refractivity contribution in [2.24, 2.45) is 5.92 Å². The zero-order valence-electron chi connectivity index (χ0n) is 53.3. The van der Waals surface area contributed by atoms with Gasteiger partial charge in [0, 0.05) is 25.7 Å². The molecule has 19 heteroatoms. The predicted molar refractivity (Wildman–Crippen MR) is 331 cm³/mol.